The third-order valence-corrected chi connectivity index (χ3v) is 2.58. The second-order valence-corrected chi connectivity index (χ2v) is 4.00. The van der Waals surface area contributed by atoms with Gasteiger partial charge in [-0.2, -0.15) is 11.8 Å². The van der Waals surface area contributed by atoms with E-state index < -0.39 is 0 Å². The Morgan fingerprint density at radius 1 is 1.50 bits per heavy atom. The van der Waals surface area contributed by atoms with Gasteiger partial charge in [0, 0.05) is 24.3 Å². The van der Waals surface area contributed by atoms with Crippen molar-refractivity contribution in [1.82, 2.24) is 15.3 Å². The molecule has 0 radical (unpaired) electrons. The molecular weight excluding hydrogens is 194 g/mol. The maximum atomic E-state index is 4.31. The van der Waals surface area contributed by atoms with Crippen LogP contribution in [0.1, 0.15) is 25.1 Å². The monoisotopic (exact) mass is 211 g/mol. The summed E-state index contributed by atoms with van der Waals surface area (Å²) in [5.74, 6) is 1.04. The Morgan fingerprint density at radius 3 is 2.93 bits per heavy atom. The van der Waals surface area contributed by atoms with Crippen molar-refractivity contribution >= 4 is 11.8 Å². The summed E-state index contributed by atoms with van der Waals surface area (Å²) < 4.78 is 0. The van der Waals surface area contributed by atoms with Gasteiger partial charge < -0.3 is 5.32 Å². The van der Waals surface area contributed by atoms with E-state index in [9.17, 15) is 0 Å². The number of aromatic nitrogens is 2. The number of hydrogen-bond donors (Lipinski definition) is 1. The zero-order valence-electron chi connectivity index (χ0n) is 8.73. The Balaban J connectivity index is 2.58. The maximum absolute atomic E-state index is 4.31. The number of nitrogens with one attached hydrogen (secondary N) is 1. The Kier molecular flexibility index (Phi) is 5.56. The summed E-state index contributed by atoms with van der Waals surface area (Å²) in [5.41, 5.74) is 1.04. The topological polar surface area (TPSA) is 37.8 Å². The molecule has 0 saturated heterocycles. The first-order valence-electron chi connectivity index (χ1n) is 4.86. The van der Waals surface area contributed by atoms with Crippen LogP contribution >= 0.6 is 11.8 Å². The molecule has 0 saturated carbocycles. The molecule has 1 atom stereocenters. The Hall–Kier alpha value is -0.610. The van der Waals surface area contributed by atoms with Crippen LogP contribution in [0.5, 0.6) is 0 Å². The van der Waals surface area contributed by atoms with Crippen LogP contribution in [0.2, 0.25) is 0 Å². The fourth-order valence-corrected chi connectivity index (χ4v) is 1.85. The van der Waals surface area contributed by atoms with Gasteiger partial charge in [-0.15, -0.1) is 0 Å². The smallest absolute Gasteiger partial charge is 0.0764 e. The van der Waals surface area contributed by atoms with Crippen molar-refractivity contribution in [3.63, 3.8) is 0 Å². The van der Waals surface area contributed by atoms with Gasteiger partial charge in [-0.3, -0.25) is 9.97 Å². The molecule has 0 aliphatic rings. The number of thioether (sulfide) groups is 1. The highest BCUT2D eigenvalue weighted by atomic mass is 32.2. The maximum Gasteiger partial charge on any atom is 0.0764 e. The van der Waals surface area contributed by atoms with Crippen LogP contribution < -0.4 is 5.32 Å². The molecule has 1 heterocycles. The summed E-state index contributed by atoms with van der Waals surface area (Å²) in [6.45, 7) is 3.20. The Bertz CT molecular complexity index is 240. The highest BCUT2D eigenvalue weighted by Gasteiger charge is 2.10. The lowest BCUT2D eigenvalue weighted by atomic mass is 10.2. The SMILES string of the molecule is CCCNC(CSC)c1cnccn1. The minimum absolute atomic E-state index is 0.332. The van der Waals surface area contributed by atoms with E-state index in [0.29, 0.717) is 6.04 Å². The van der Waals surface area contributed by atoms with Crippen LogP contribution in [-0.2, 0) is 0 Å². The van der Waals surface area contributed by atoms with Gasteiger partial charge in [0.2, 0.25) is 0 Å². The molecule has 0 aromatic carbocycles. The van der Waals surface area contributed by atoms with Gasteiger partial charge in [0.05, 0.1) is 11.7 Å². The molecular formula is C10H17N3S. The van der Waals surface area contributed by atoms with Crippen molar-refractivity contribution in [1.29, 1.82) is 0 Å². The molecule has 0 aliphatic carbocycles. The minimum atomic E-state index is 0.332. The molecule has 1 unspecified atom stereocenters. The van der Waals surface area contributed by atoms with Crippen molar-refractivity contribution < 1.29 is 0 Å². The fraction of sp³-hybridized carbons (Fsp3) is 0.600. The highest BCUT2D eigenvalue weighted by molar-refractivity contribution is 7.98. The molecule has 1 aromatic rings. The van der Waals surface area contributed by atoms with E-state index >= 15 is 0 Å². The lowest BCUT2D eigenvalue weighted by molar-refractivity contribution is 0.563. The third-order valence-electron chi connectivity index (χ3n) is 1.91. The molecule has 4 heteroatoms. The third kappa shape index (κ3) is 3.64. The van der Waals surface area contributed by atoms with Crippen LogP contribution in [0, 0.1) is 0 Å². The van der Waals surface area contributed by atoms with E-state index in [0.717, 1.165) is 24.4 Å². The predicted octanol–water partition coefficient (Wildman–Crippen LogP) is 1.88. The first kappa shape index (κ1) is 11.5. The van der Waals surface area contributed by atoms with Crippen LogP contribution in [0.4, 0.5) is 0 Å². The number of rotatable bonds is 6. The molecule has 3 nitrogen and oxygen atoms in total. The van der Waals surface area contributed by atoms with E-state index in [1.165, 1.54) is 0 Å². The van der Waals surface area contributed by atoms with E-state index in [2.05, 4.69) is 28.5 Å². The van der Waals surface area contributed by atoms with Crippen LogP contribution in [-0.4, -0.2) is 28.5 Å². The van der Waals surface area contributed by atoms with E-state index in [4.69, 9.17) is 0 Å². The lowest BCUT2D eigenvalue weighted by Gasteiger charge is -2.15. The normalized spacial score (nSPS) is 12.7. The zero-order valence-corrected chi connectivity index (χ0v) is 9.55. The second-order valence-electron chi connectivity index (χ2n) is 3.09. The minimum Gasteiger partial charge on any atom is -0.308 e. The predicted molar refractivity (Wildman–Crippen MR) is 61.4 cm³/mol. The molecule has 0 bridgehead atoms. The first-order valence-corrected chi connectivity index (χ1v) is 6.26. The summed E-state index contributed by atoms with van der Waals surface area (Å²) in [6, 6.07) is 0.332. The Labute approximate surface area is 89.7 Å². The van der Waals surface area contributed by atoms with Gasteiger partial charge in [0.1, 0.15) is 0 Å². The van der Waals surface area contributed by atoms with Gasteiger partial charge in [-0.05, 0) is 19.2 Å². The summed E-state index contributed by atoms with van der Waals surface area (Å²) >= 11 is 1.82. The van der Waals surface area contributed by atoms with Crippen molar-refractivity contribution in [2.45, 2.75) is 19.4 Å². The molecule has 0 aliphatic heterocycles. The molecule has 0 spiro atoms. The molecule has 78 valence electrons. The average Bonchev–Trinajstić information content (AvgIpc) is 2.25. The fourth-order valence-electron chi connectivity index (χ4n) is 1.22. The summed E-state index contributed by atoms with van der Waals surface area (Å²) in [5, 5.41) is 3.46. The molecule has 1 N–H and O–H groups in total. The van der Waals surface area contributed by atoms with E-state index in [-0.39, 0.29) is 0 Å². The van der Waals surface area contributed by atoms with Gasteiger partial charge in [0.25, 0.3) is 0 Å². The summed E-state index contributed by atoms with van der Waals surface area (Å²) in [4.78, 5) is 8.40. The van der Waals surface area contributed by atoms with Crippen molar-refractivity contribution in [2.24, 2.45) is 0 Å². The van der Waals surface area contributed by atoms with E-state index in [1.54, 1.807) is 12.4 Å². The first-order chi connectivity index (χ1) is 6.88. The zero-order chi connectivity index (χ0) is 10.2. The van der Waals surface area contributed by atoms with Gasteiger partial charge in [-0.25, -0.2) is 0 Å². The average molecular weight is 211 g/mol. The van der Waals surface area contributed by atoms with Crippen LogP contribution in [0.15, 0.2) is 18.6 Å². The number of nitrogens with zero attached hydrogens (tertiary/aromatic N) is 2. The molecule has 14 heavy (non-hydrogen) atoms. The van der Waals surface area contributed by atoms with Gasteiger partial charge in [-0.1, -0.05) is 6.92 Å². The second kappa shape index (κ2) is 6.79. The highest BCUT2D eigenvalue weighted by Crippen LogP contribution is 2.13. The molecule has 1 aromatic heterocycles. The van der Waals surface area contributed by atoms with Gasteiger partial charge >= 0.3 is 0 Å². The Morgan fingerprint density at radius 2 is 2.36 bits per heavy atom. The lowest BCUT2D eigenvalue weighted by Crippen LogP contribution is -2.25. The van der Waals surface area contributed by atoms with Crippen molar-refractivity contribution in [3.05, 3.63) is 24.3 Å². The summed E-state index contributed by atoms with van der Waals surface area (Å²) in [7, 11) is 0. The largest absolute Gasteiger partial charge is 0.308 e. The standard InChI is InChI=1S/C10H17N3S/c1-3-4-12-10(8-14-2)9-7-11-5-6-13-9/h5-7,10,12H,3-4,8H2,1-2H3. The van der Waals surface area contributed by atoms with Crippen molar-refractivity contribution in [2.75, 3.05) is 18.6 Å². The molecule has 0 fully saturated rings. The van der Waals surface area contributed by atoms with Gasteiger partial charge in [0.15, 0.2) is 0 Å². The molecule has 0 amide bonds. The van der Waals surface area contributed by atoms with Crippen LogP contribution in [0.3, 0.4) is 0 Å². The van der Waals surface area contributed by atoms with E-state index in [1.807, 2.05) is 18.0 Å². The molecule has 1 rings (SSSR count). The number of hydrogen-bond acceptors (Lipinski definition) is 4. The quantitative estimate of drug-likeness (QED) is 0.779. The summed E-state index contributed by atoms with van der Waals surface area (Å²) in [6.07, 6.45) is 8.54. The van der Waals surface area contributed by atoms with Crippen LogP contribution in [0.25, 0.3) is 0 Å². The van der Waals surface area contributed by atoms with Crippen molar-refractivity contribution in [3.8, 4) is 0 Å².